The number of aromatic amines is 2. The highest BCUT2D eigenvalue weighted by Crippen LogP contribution is 2.34. The van der Waals surface area contributed by atoms with Gasteiger partial charge in [0, 0.05) is 6.54 Å². The van der Waals surface area contributed by atoms with E-state index in [-0.39, 0.29) is 11.8 Å². The number of rotatable bonds is 3. The third-order valence-electron chi connectivity index (χ3n) is 3.81. The minimum absolute atomic E-state index is 0.0513. The highest BCUT2D eigenvalue weighted by Gasteiger charge is 2.20. The Kier molecular flexibility index (Phi) is 3.51. The van der Waals surface area contributed by atoms with Crippen LogP contribution in [0.2, 0.25) is 5.02 Å². The Morgan fingerprint density at radius 2 is 2.26 bits per heavy atom. The molecule has 0 spiro atoms. The van der Waals surface area contributed by atoms with Crippen molar-refractivity contribution in [1.29, 1.82) is 0 Å². The first-order valence-electron chi connectivity index (χ1n) is 7.32. The Balaban J connectivity index is 1.87. The predicted octanol–water partition coefficient (Wildman–Crippen LogP) is 1.71. The summed E-state index contributed by atoms with van der Waals surface area (Å²) >= 11 is 6.33. The SMILES string of the molecule is O=c1[nH]nc(-c2cc3cccc(Cl)c3c(OC3CCNC3)n2)[nH]1. The van der Waals surface area contributed by atoms with Gasteiger partial charge < -0.3 is 10.1 Å². The van der Waals surface area contributed by atoms with Gasteiger partial charge in [-0.2, -0.15) is 5.10 Å². The number of pyridine rings is 1. The Bertz CT molecular complexity index is 914. The van der Waals surface area contributed by atoms with Crippen LogP contribution in [0, 0.1) is 0 Å². The van der Waals surface area contributed by atoms with Gasteiger partial charge in [0.1, 0.15) is 11.8 Å². The van der Waals surface area contributed by atoms with Gasteiger partial charge in [0.05, 0.1) is 10.4 Å². The average molecular weight is 332 g/mol. The second kappa shape index (κ2) is 5.68. The molecule has 0 aliphatic carbocycles. The number of hydrogen-bond donors (Lipinski definition) is 3. The van der Waals surface area contributed by atoms with Crippen molar-refractivity contribution < 1.29 is 4.74 Å². The van der Waals surface area contributed by atoms with Gasteiger partial charge in [0.2, 0.25) is 5.88 Å². The minimum atomic E-state index is -0.379. The van der Waals surface area contributed by atoms with Crippen molar-refractivity contribution in [2.75, 3.05) is 13.1 Å². The van der Waals surface area contributed by atoms with E-state index in [0.717, 1.165) is 30.3 Å². The normalized spacial score (nSPS) is 17.7. The van der Waals surface area contributed by atoms with Crippen molar-refractivity contribution >= 4 is 22.4 Å². The van der Waals surface area contributed by atoms with Crippen LogP contribution < -0.4 is 15.7 Å². The monoisotopic (exact) mass is 331 g/mol. The molecule has 1 saturated heterocycles. The standard InChI is InChI=1S/C15H14ClN5O2/c16-10-3-1-2-8-6-11(13-19-15(22)21-20-13)18-14(12(8)10)23-9-4-5-17-7-9/h1-3,6,9,17H,4-5,7H2,(H2,19,20,21,22). The van der Waals surface area contributed by atoms with Crippen LogP contribution in [0.5, 0.6) is 5.88 Å². The summed E-state index contributed by atoms with van der Waals surface area (Å²) < 4.78 is 6.05. The van der Waals surface area contributed by atoms with E-state index in [1.165, 1.54) is 0 Å². The lowest BCUT2D eigenvalue weighted by molar-refractivity contribution is 0.217. The number of nitrogens with one attached hydrogen (secondary N) is 3. The molecule has 7 nitrogen and oxygen atoms in total. The van der Waals surface area contributed by atoms with Gasteiger partial charge >= 0.3 is 5.69 Å². The molecule has 0 amide bonds. The lowest BCUT2D eigenvalue weighted by atomic mass is 10.1. The third kappa shape index (κ3) is 2.69. The van der Waals surface area contributed by atoms with Crippen LogP contribution in [0.25, 0.3) is 22.3 Å². The van der Waals surface area contributed by atoms with Crippen LogP contribution in [-0.4, -0.2) is 39.4 Å². The summed E-state index contributed by atoms with van der Waals surface area (Å²) in [7, 11) is 0. The molecule has 3 N–H and O–H groups in total. The van der Waals surface area contributed by atoms with Gasteiger partial charge in [0.25, 0.3) is 0 Å². The van der Waals surface area contributed by atoms with E-state index in [1.807, 2.05) is 18.2 Å². The molecule has 1 aliphatic rings. The van der Waals surface area contributed by atoms with E-state index in [9.17, 15) is 4.79 Å². The van der Waals surface area contributed by atoms with E-state index < -0.39 is 0 Å². The number of halogens is 1. The van der Waals surface area contributed by atoms with E-state index in [0.29, 0.717) is 22.4 Å². The molecule has 0 saturated carbocycles. The summed E-state index contributed by atoms with van der Waals surface area (Å²) in [6, 6.07) is 7.42. The molecule has 118 valence electrons. The molecule has 1 unspecified atom stereocenters. The van der Waals surface area contributed by atoms with E-state index in [4.69, 9.17) is 16.3 Å². The second-order valence-corrected chi connectivity index (χ2v) is 5.82. The van der Waals surface area contributed by atoms with Crippen LogP contribution in [0.15, 0.2) is 29.1 Å². The zero-order valence-electron chi connectivity index (χ0n) is 12.1. The zero-order chi connectivity index (χ0) is 15.8. The quantitative estimate of drug-likeness (QED) is 0.679. The largest absolute Gasteiger partial charge is 0.472 e. The van der Waals surface area contributed by atoms with Gasteiger partial charge in [0.15, 0.2) is 5.82 Å². The first-order valence-corrected chi connectivity index (χ1v) is 7.70. The molecule has 3 aromatic rings. The summed E-state index contributed by atoms with van der Waals surface area (Å²) in [5.41, 5.74) is 0.148. The van der Waals surface area contributed by atoms with Gasteiger partial charge in [-0.25, -0.2) is 14.9 Å². The number of benzene rings is 1. The lowest BCUT2D eigenvalue weighted by Gasteiger charge is -2.15. The van der Waals surface area contributed by atoms with Crippen LogP contribution in [0.3, 0.4) is 0 Å². The molecule has 0 radical (unpaired) electrons. The Morgan fingerprint density at radius 1 is 1.35 bits per heavy atom. The maximum Gasteiger partial charge on any atom is 0.340 e. The summed E-state index contributed by atoms with van der Waals surface area (Å²) in [4.78, 5) is 18.4. The van der Waals surface area contributed by atoms with E-state index >= 15 is 0 Å². The van der Waals surface area contributed by atoms with Crippen molar-refractivity contribution in [3.8, 4) is 17.4 Å². The number of ether oxygens (including phenoxy) is 1. The summed E-state index contributed by atoms with van der Waals surface area (Å²) in [5.74, 6) is 0.826. The predicted molar refractivity (Wildman–Crippen MR) is 86.9 cm³/mol. The Labute approximate surface area is 136 Å². The fourth-order valence-corrected chi connectivity index (χ4v) is 2.98. The van der Waals surface area contributed by atoms with E-state index in [1.54, 1.807) is 6.07 Å². The van der Waals surface area contributed by atoms with E-state index in [2.05, 4.69) is 25.5 Å². The van der Waals surface area contributed by atoms with Crippen molar-refractivity contribution in [2.45, 2.75) is 12.5 Å². The molecule has 8 heteroatoms. The number of aromatic nitrogens is 4. The van der Waals surface area contributed by atoms with Gasteiger partial charge in [-0.1, -0.05) is 23.7 Å². The average Bonchev–Trinajstić information content (AvgIpc) is 3.19. The smallest absolute Gasteiger partial charge is 0.340 e. The summed E-state index contributed by atoms with van der Waals surface area (Å²) in [6.07, 6.45) is 0.965. The summed E-state index contributed by atoms with van der Waals surface area (Å²) in [5, 5.41) is 11.8. The molecule has 2 aromatic heterocycles. The van der Waals surface area contributed by atoms with Crippen molar-refractivity contribution in [2.24, 2.45) is 0 Å². The summed E-state index contributed by atoms with van der Waals surface area (Å²) in [6.45, 7) is 1.69. The van der Waals surface area contributed by atoms with Gasteiger partial charge in [-0.15, -0.1) is 0 Å². The molecule has 4 rings (SSSR count). The van der Waals surface area contributed by atoms with Crippen molar-refractivity contribution in [1.82, 2.24) is 25.5 Å². The van der Waals surface area contributed by atoms with Crippen molar-refractivity contribution in [3.05, 3.63) is 39.8 Å². The number of fused-ring (bicyclic) bond motifs is 1. The molecular formula is C15H14ClN5O2. The van der Waals surface area contributed by atoms with Crippen LogP contribution in [0.4, 0.5) is 0 Å². The van der Waals surface area contributed by atoms with Crippen LogP contribution in [0.1, 0.15) is 6.42 Å². The Morgan fingerprint density at radius 3 is 3.00 bits per heavy atom. The molecule has 3 heterocycles. The highest BCUT2D eigenvalue weighted by molar-refractivity contribution is 6.36. The number of H-pyrrole nitrogens is 2. The van der Waals surface area contributed by atoms with Gasteiger partial charge in [-0.05, 0) is 30.5 Å². The molecule has 1 aliphatic heterocycles. The zero-order valence-corrected chi connectivity index (χ0v) is 12.9. The second-order valence-electron chi connectivity index (χ2n) is 5.41. The van der Waals surface area contributed by atoms with Crippen LogP contribution >= 0.6 is 11.6 Å². The maximum absolute atomic E-state index is 11.3. The molecular weight excluding hydrogens is 318 g/mol. The lowest BCUT2D eigenvalue weighted by Crippen LogP contribution is -2.20. The fourth-order valence-electron chi connectivity index (χ4n) is 2.72. The fraction of sp³-hybridized carbons (Fsp3) is 0.267. The van der Waals surface area contributed by atoms with Gasteiger partial charge in [-0.3, -0.25) is 4.98 Å². The topological polar surface area (TPSA) is 95.7 Å². The molecule has 1 fully saturated rings. The molecule has 0 bridgehead atoms. The number of hydrogen-bond acceptors (Lipinski definition) is 5. The maximum atomic E-state index is 11.3. The third-order valence-corrected chi connectivity index (χ3v) is 4.13. The highest BCUT2D eigenvalue weighted by atomic mass is 35.5. The Hall–Kier alpha value is -2.38. The van der Waals surface area contributed by atoms with Crippen LogP contribution in [-0.2, 0) is 0 Å². The minimum Gasteiger partial charge on any atom is -0.472 e. The first kappa shape index (κ1) is 14.2. The molecule has 1 atom stereocenters. The number of nitrogens with zero attached hydrogens (tertiary/aromatic N) is 2. The molecule has 1 aromatic carbocycles. The van der Waals surface area contributed by atoms with Crippen molar-refractivity contribution in [3.63, 3.8) is 0 Å². The first-order chi connectivity index (χ1) is 11.2. The molecule has 23 heavy (non-hydrogen) atoms.